The minimum Gasteiger partial charge on any atom is -0.461 e. The average Bonchev–Trinajstić information content (AvgIpc) is 3.75. The maximum atomic E-state index is 12.2. The van der Waals surface area contributed by atoms with E-state index in [0.29, 0.717) is 40.4 Å². The van der Waals surface area contributed by atoms with Crippen LogP contribution in [0.2, 0.25) is 0 Å². The van der Waals surface area contributed by atoms with Crippen molar-refractivity contribution in [2.45, 2.75) is 71.3 Å². The Morgan fingerprint density at radius 1 is 0.822 bits per heavy atom. The molecular formula is C31H36IN9O4. The first-order valence-corrected chi connectivity index (χ1v) is 16.5. The number of fused-ring (bicyclic) bond motifs is 6. The largest absolute Gasteiger partial charge is 0.461 e. The van der Waals surface area contributed by atoms with Crippen LogP contribution in [-0.2, 0) is 49.3 Å². The van der Waals surface area contributed by atoms with Crippen molar-refractivity contribution >= 4 is 40.5 Å². The summed E-state index contributed by atoms with van der Waals surface area (Å²) < 4.78 is 14.4. The summed E-state index contributed by atoms with van der Waals surface area (Å²) in [7, 11) is 3.68. The van der Waals surface area contributed by atoms with Crippen molar-refractivity contribution in [2.75, 3.05) is 18.5 Å². The second-order valence-electron chi connectivity index (χ2n) is 11.2. The molecule has 0 radical (unpaired) electrons. The van der Waals surface area contributed by atoms with Gasteiger partial charge in [-0.2, -0.15) is 10.2 Å². The zero-order valence-electron chi connectivity index (χ0n) is 25.9. The number of anilines is 1. The highest BCUT2D eigenvalue weighted by Crippen LogP contribution is 2.35. The second kappa shape index (κ2) is 13.2. The molecule has 1 N–H and O–H groups in total. The van der Waals surface area contributed by atoms with Crippen LogP contribution in [0, 0.1) is 3.83 Å². The van der Waals surface area contributed by atoms with Crippen molar-refractivity contribution in [1.82, 2.24) is 39.5 Å². The third-order valence-corrected chi connectivity index (χ3v) is 8.87. The zero-order chi connectivity index (χ0) is 31.7. The van der Waals surface area contributed by atoms with Gasteiger partial charge in [-0.1, -0.05) is 12.8 Å². The van der Waals surface area contributed by atoms with Crippen LogP contribution in [0.25, 0.3) is 22.8 Å². The maximum absolute atomic E-state index is 12.2. The molecule has 14 heteroatoms. The molecule has 7 rings (SSSR count). The Morgan fingerprint density at radius 2 is 1.33 bits per heavy atom. The van der Waals surface area contributed by atoms with E-state index in [1.807, 2.05) is 26.5 Å². The quantitative estimate of drug-likeness (QED) is 0.173. The number of hydrogen-bond acceptors (Lipinski definition) is 11. The van der Waals surface area contributed by atoms with E-state index in [1.165, 1.54) is 25.7 Å². The van der Waals surface area contributed by atoms with Crippen LogP contribution < -0.4 is 5.32 Å². The molecule has 13 nitrogen and oxygen atoms in total. The fraction of sp³-hybridized carbons (Fsp3) is 0.484. The summed E-state index contributed by atoms with van der Waals surface area (Å²) in [5.74, 6) is -0.0601. The molecule has 3 aliphatic rings. The van der Waals surface area contributed by atoms with Crippen LogP contribution in [0.15, 0.2) is 12.4 Å². The molecule has 0 bridgehead atoms. The standard InChI is InChI=1S/C18H23N5O2.C13H13IN4O2/c1-3-25-17(24)15-13-9-8-11-10-19-18(20-12-6-4-5-7-12)21-14(11)16(13)23(2)22-15;1-3-20-12(19)10-8-5-4-7-6-15-13(14)16-9(7)11(8)18(2)17-10/h10,12H,3-9H2,1-2H3,(H,19,20,21);6H,3-5H2,1-2H3. The Labute approximate surface area is 274 Å². The fourth-order valence-corrected chi connectivity index (χ4v) is 6.72. The first-order valence-electron chi connectivity index (χ1n) is 15.4. The second-order valence-corrected chi connectivity index (χ2v) is 12.2. The minimum atomic E-state index is -0.364. The lowest BCUT2D eigenvalue weighted by Crippen LogP contribution is -2.18. The summed E-state index contributed by atoms with van der Waals surface area (Å²) in [6.45, 7) is 4.29. The number of aryl methyl sites for hydroxylation is 4. The van der Waals surface area contributed by atoms with Gasteiger partial charge in [-0.3, -0.25) is 9.36 Å². The molecule has 236 valence electrons. The van der Waals surface area contributed by atoms with Gasteiger partial charge in [0.2, 0.25) is 5.95 Å². The molecule has 0 aromatic carbocycles. The lowest BCUT2D eigenvalue weighted by Gasteiger charge is -2.18. The Balaban J connectivity index is 0.000000163. The van der Waals surface area contributed by atoms with Crippen LogP contribution in [0.4, 0.5) is 5.95 Å². The molecular weight excluding hydrogens is 689 g/mol. The third-order valence-electron chi connectivity index (χ3n) is 8.35. The normalized spacial score (nSPS) is 14.8. The minimum absolute atomic E-state index is 0.346. The topological polar surface area (TPSA) is 152 Å². The lowest BCUT2D eigenvalue weighted by molar-refractivity contribution is 0.0508. The van der Waals surface area contributed by atoms with E-state index in [9.17, 15) is 9.59 Å². The van der Waals surface area contributed by atoms with Crippen LogP contribution in [-0.4, -0.2) is 70.7 Å². The predicted octanol–water partition coefficient (Wildman–Crippen LogP) is 4.26. The summed E-state index contributed by atoms with van der Waals surface area (Å²) in [6.07, 6.45) is 11.8. The number of aromatic nitrogens is 8. The van der Waals surface area contributed by atoms with Crippen LogP contribution >= 0.6 is 22.6 Å². The highest BCUT2D eigenvalue weighted by Gasteiger charge is 2.31. The summed E-state index contributed by atoms with van der Waals surface area (Å²) in [5, 5.41) is 12.2. The van der Waals surface area contributed by atoms with Crippen LogP contribution in [0.5, 0.6) is 0 Å². The molecule has 4 aromatic heterocycles. The number of hydrogen-bond donors (Lipinski definition) is 1. The molecule has 0 saturated heterocycles. The molecule has 0 atom stereocenters. The average molecular weight is 726 g/mol. The van der Waals surface area contributed by atoms with E-state index < -0.39 is 0 Å². The van der Waals surface area contributed by atoms with Crippen molar-refractivity contribution in [2.24, 2.45) is 14.1 Å². The number of esters is 2. The summed E-state index contributed by atoms with van der Waals surface area (Å²) in [4.78, 5) is 42.1. The van der Waals surface area contributed by atoms with Gasteiger partial charge in [0.05, 0.1) is 36.0 Å². The van der Waals surface area contributed by atoms with E-state index in [4.69, 9.17) is 14.5 Å². The van der Waals surface area contributed by atoms with Crippen molar-refractivity contribution < 1.29 is 19.1 Å². The number of nitrogens with zero attached hydrogens (tertiary/aromatic N) is 8. The van der Waals surface area contributed by atoms with Gasteiger partial charge in [-0.05, 0) is 63.5 Å². The first kappa shape index (κ1) is 31.0. The monoisotopic (exact) mass is 725 g/mol. The van der Waals surface area contributed by atoms with E-state index in [2.05, 4.69) is 53.1 Å². The molecule has 45 heavy (non-hydrogen) atoms. The molecule has 3 aliphatic carbocycles. The number of rotatable bonds is 6. The Bertz CT molecular complexity index is 1760. The number of ether oxygens (including phenoxy) is 2. The van der Waals surface area contributed by atoms with Gasteiger partial charge >= 0.3 is 11.9 Å². The van der Waals surface area contributed by atoms with Gasteiger partial charge in [0, 0.05) is 66.2 Å². The highest BCUT2D eigenvalue weighted by molar-refractivity contribution is 14.1. The van der Waals surface area contributed by atoms with E-state index in [0.717, 1.165) is 70.7 Å². The van der Waals surface area contributed by atoms with Gasteiger partial charge in [-0.15, -0.1) is 0 Å². The fourth-order valence-electron chi connectivity index (χ4n) is 6.34. The lowest BCUT2D eigenvalue weighted by atomic mass is 9.93. The van der Waals surface area contributed by atoms with Gasteiger partial charge in [-0.25, -0.2) is 29.5 Å². The van der Waals surface area contributed by atoms with Gasteiger partial charge in [0.25, 0.3) is 0 Å². The SMILES string of the molecule is CCOC(=O)c1nn(C)c2c1CCc1cnc(I)nc1-2.CCOC(=O)c1nn(C)c2c1CCc1cnc(NC3CCCC3)nc1-2. The molecule has 0 amide bonds. The predicted molar refractivity (Wildman–Crippen MR) is 174 cm³/mol. The smallest absolute Gasteiger partial charge is 0.359 e. The molecule has 1 saturated carbocycles. The van der Waals surface area contributed by atoms with Crippen LogP contribution in [0.1, 0.15) is 82.8 Å². The number of halogens is 1. The molecule has 0 aliphatic heterocycles. The first-order chi connectivity index (χ1) is 21.8. The molecule has 0 unspecified atom stereocenters. The van der Waals surface area contributed by atoms with E-state index >= 15 is 0 Å². The summed E-state index contributed by atoms with van der Waals surface area (Å²) >= 11 is 2.09. The van der Waals surface area contributed by atoms with Crippen molar-refractivity contribution in [1.29, 1.82) is 0 Å². The van der Waals surface area contributed by atoms with E-state index in [-0.39, 0.29) is 11.9 Å². The van der Waals surface area contributed by atoms with Crippen molar-refractivity contribution in [3.63, 3.8) is 0 Å². The number of nitrogens with one attached hydrogen (secondary N) is 1. The molecule has 0 spiro atoms. The van der Waals surface area contributed by atoms with Gasteiger partial charge < -0.3 is 14.8 Å². The summed E-state index contributed by atoms with van der Waals surface area (Å²) in [6, 6.07) is 0.461. The molecule has 4 aromatic rings. The molecule has 4 heterocycles. The number of carbonyl (C=O) groups is 2. The Kier molecular flexibility index (Phi) is 9.10. The van der Waals surface area contributed by atoms with Crippen molar-refractivity contribution in [3.8, 4) is 22.8 Å². The number of carbonyl (C=O) groups excluding carboxylic acids is 2. The van der Waals surface area contributed by atoms with E-state index in [1.54, 1.807) is 23.2 Å². The van der Waals surface area contributed by atoms with Gasteiger partial charge in [0.1, 0.15) is 0 Å². The maximum Gasteiger partial charge on any atom is 0.359 e. The Hall–Kier alpha value is -3.95. The molecule has 1 fully saturated rings. The highest BCUT2D eigenvalue weighted by atomic mass is 127. The summed E-state index contributed by atoms with van der Waals surface area (Å²) in [5.41, 5.74) is 8.41. The third kappa shape index (κ3) is 6.16. The van der Waals surface area contributed by atoms with Gasteiger partial charge in [0.15, 0.2) is 15.2 Å². The Morgan fingerprint density at radius 3 is 1.87 bits per heavy atom. The van der Waals surface area contributed by atoms with Crippen LogP contribution in [0.3, 0.4) is 0 Å². The van der Waals surface area contributed by atoms with Crippen molar-refractivity contribution in [3.05, 3.63) is 49.9 Å². The zero-order valence-corrected chi connectivity index (χ0v) is 28.0.